The highest BCUT2D eigenvalue weighted by molar-refractivity contribution is 7.89. The summed E-state index contributed by atoms with van der Waals surface area (Å²) in [7, 11) is -1.81. The third-order valence-electron chi connectivity index (χ3n) is 5.41. The maximum absolute atomic E-state index is 13.0. The third kappa shape index (κ3) is 4.89. The zero-order valence-corrected chi connectivity index (χ0v) is 20.6. The number of fused-ring (bicyclic) bond motifs is 1. The van der Waals surface area contributed by atoms with Gasteiger partial charge in [-0.3, -0.25) is 4.79 Å². The molecule has 1 aromatic heterocycles. The Kier molecular flexibility index (Phi) is 6.71. The number of carbonyl (C=O) groups is 1. The lowest BCUT2D eigenvalue weighted by molar-refractivity contribution is -0.0440. The molecule has 2 heterocycles. The van der Waals surface area contributed by atoms with E-state index in [4.69, 9.17) is 9.47 Å². The van der Waals surface area contributed by atoms with Crippen molar-refractivity contribution in [3.8, 4) is 5.75 Å². The van der Waals surface area contributed by atoms with Crippen LogP contribution in [0.2, 0.25) is 0 Å². The molecule has 1 saturated heterocycles. The average Bonchev–Trinajstić information content (AvgIpc) is 3.08. The Hall–Kier alpha value is -2.53. The van der Waals surface area contributed by atoms with Crippen molar-refractivity contribution in [3.05, 3.63) is 52.8 Å². The molecular weight excluding hydrogens is 462 g/mol. The van der Waals surface area contributed by atoms with Crippen molar-refractivity contribution in [2.75, 3.05) is 19.7 Å². The average molecular weight is 490 g/mol. The Morgan fingerprint density at radius 1 is 1.15 bits per heavy atom. The van der Waals surface area contributed by atoms with E-state index in [1.54, 1.807) is 0 Å². The number of amides is 1. The molecule has 0 saturated carbocycles. The lowest BCUT2D eigenvalue weighted by Crippen LogP contribution is -2.48. The fraction of sp³-hybridized carbons (Fsp3) is 0.391. The Bertz CT molecular complexity index is 1330. The largest absolute Gasteiger partial charge is 0.494 e. The number of hydrogen-bond acceptors (Lipinski definition) is 6. The molecule has 8 nitrogen and oxygen atoms in total. The molecule has 176 valence electrons. The highest BCUT2D eigenvalue weighted by Gasteiger charge is 2.32. The molecule has 0 bridgehead atoms. The molecule has 1 fully saturated rings. The van der Waals surface area contributed by atoms with E-state index in [0.29, 0.717) is 30.1 Å². The summed E-state index contributed by atoms with van der Waals surface area (Å²) in [4.78, 5) is 17.8. The summed E-state index contributed by atoms with van der Waals surface area (Å²) < 4.78 is 41.5. The Balaban J connectivity index is 1.59. The number of morpholine rings is 1. The molecule has 10 heteroatoms. The van der Waals surface area contributed by atoms with E-state index >= 15 is 0 Å². The minimum absolute atomic E-state index is 0.149. The molecule has 1 aliphatic rings. The predicted molar refractivity (Wildman–Crippen MR) is 127 cm³/mol. The first-order valence-corrected chi connectivity index (χ1v) is 13.0. The van der Waals surface area contributed by atoms with Gasteiger partial charge < -0.3 is 14.0 Å². The first-order chi connectivity index (χ1) is 15.7. The van der Waals surface area contributed by atoms with Crippen molar-refractivity contribution in [1.82, 2.24) is 8.87 Å². The van der Waals surface area contributed by atoms with Crippen LogP contribution in [-0.2, 0) is 21.8 Å². The third-order valence-corrected chi connectivity index (χ3v) is 8.35. The standard InChI is InChI=1S/C23H27N3O5S2/c1-5-30-18-8-11-20-21(12-18)32-23(25(20)4)24-22(27)17-6-9-19(10-7-17)33(28,29)26-13-15(2)31-16(3)14-26/h6-12,15-16H,5,13-14H2,1-4H3/t15-,16-/m0/s1. The van der Waals surface area contributed by atoms with E-state index in [1.165, 1.54) is 39.9 Å². The molecule has 4 rings (SSSR count). The van der Waals surface area contributed by atoms with E-state index < -0.39 is 15.9 Å². The minimum atomic E-state index is -3.66. The lowest BCUT2D eigenvalue weighted by Gasteiger charge is -2.34. The van der Waals surface area contributed by atoms with Crippen molar-refractivity contribution in [2.24, 2.45) is 12.0 Å². The summed E-state index contributed by atoms with van der Waals surface area (Å²) in [5.41, 5.74) is 1.27. The molecular formula is C23H27N3O5S2. The van der Waals surface area contributed by atoms with Crippen molar-refractivity contribution in [2.45, 2.75) is 37.9 Å². The van der Waals surface area contributed by atoms with Crippen LogP contribution >= 0.6 is 11.3 Å². The molecule has 0 unspecified atom stereocenters. The Labute approximate surface area is 197 Å². The summed E-state index contributed by atoms with van der Waals surface area (Å²) in [6.45, 7) is 6.82. The molecule has 0 aliphatic carbocycles. The normalized spacial score (nSPS) is 20.3. The predicted octanol–water partition coefficient (Wildman–Crippen LogP) is 3.18. The van der Waals surface area contributed by atoms with Gasteiger partial charge in [0.25, 0.3) is 5.91 Å². The molecule has 3 aromatic rings. The Morgan fingerprint density at radius 2 is 1.82 bits per heavy atom. The van der Waals surface area contributed by atoms with Crippen molar-refractivity contribution in [1.29, 1.82) is 0 Å². The second-order valence-electron chi connectivity index (χ2n) is 8.03. The van der Waals surface area contributed by atoms with Gasteiger partial charge in [0, 0.05) is 25.7 Å². The van der Waals surface area contributed by atoms with Crippen molar-refractivity contribution >= 4 is 37.5 Å². The quantitative estimate of drug-likeness (QED) is 0.549. The molecule has 1 amide bonds. The smallest absolute Gasteiger partial charge is 0.279 e. The number of nitrogens with zero attached hydrogens (tertiary/aromatic N) is 3. The van der Waals surface area contributed by atoms with Crippen LogP contribution in [-0.4, -0.2) is 55.1 Å². The van der Waals surface area contributed by atoms with Gasteiger partial charge in [-0.15, -0.1) is 0 Å². The van der Waals surface area contributed by atoms with E-state index in [-0.39, 0.29) is 17.1 Å². The summed E-state index contributed by atoms with van der Waals surface area (Å²) >= 11 is 1.39. The van der Waals surface area contributed by atoms with Gasteiger partial charge >= 0.3 is 0 Å². The van der Waals surface area contributed by atoms with Gasteiger partial charge in [-0.25, -0.2) is 8.42 Å². The van der Waals surface area contributed by atoms with Crippen molar-refractivity contribution < 1.29 is 22.7 Å². The number of rotatable bonds is 5. The zero-order valence-electron chi connectivity index (χ0n) is 19.0. The van der Waals surface area contributed by atoms with E-state index in [1.807, 2.05) is 50.6 Å². The van der Waals surface area contributed by atoms with E-state index in [9.17, 15) is 13.2 Å². The van der Waals surface area contributed by atoms with Gasteiger partial charge in [-0.2, -0.15) is 9.30 Å². The van der Waals surface area contributed by atoms with Crippen LogP contribution in [0.3, 0.4) is 0 Å². The fourth-order valence-electron chi connectivity index (χ4n) is 3.87. The molecule has 2 atom stereocenters. The molecule has 0 radical (unpaired) electrons. The van der Waals surface area contributed by atoms with Gasteiger partial charge in [0.15, 0.2) is 4.80 Å². The number of benzene rings is 2. The summed E-state index contributed by atoms with van der Waals surface area (Å²) in [5.74, 6) is 0.338. The molecule has 33 heavy (non-hydrogen) atoms. The highest BCUT2D eigenvalue weighted by Crippen LogP contribution is 2.24. The fourth-order valence-corrected chi connectivity index (χ4v) is 6.51. The SMILES string of the molecule is CCOc1ccc2c(c1)sc(=NC(=O)c1ccc(S(=O)(=O)N3C[C@H](C)O[C@@H](C)C3)cc1)n2C. The van der Waals surface area contributed by atoms with Crippen LogP contribution in [0.15, 0.2) is 52.4 Å². The highest BCUT2D eigenvalue weighted by atomic mass is 32.2. The summed E-state index contributed by atoms with van der Waals surface area (Å²) in [6, 6.07) is 11.7. The number of aryl methyl sites for hydroxylation is 1. The molecule has 1 aliphatic heterocycles. The van der Waals surface area contributed by atoms with Gasteiger partial charge in [0.1, 0.15) is 5.75 Å². The van der Waals surface area contributed by atoms with Gasteiger partial charge in [-0.1, -0.05) is 11.3 Å². The number of ether oxygens (including phenoxy) is 2. The maximum Gasteiger partial charge on any atom is 0.279 e. The minimum Gasteiger partial charge on any atom is -0.494 e. The van der Waals surface area contributed by atoms with Crippen LogP contribution < -0.4 is 9.54 Å². The lowest BCUT2D eigenvalue weighted by atomic mass is 10.2. The number of aromatic nitrogens is 1. The van der Waals surface area contributed by atoms with Gasteiger partial charge in [0.05, 0.1) is 33.9 Å². The topological polar surface area (TPSA) is 90.2 Å². The first-order valence-electron chi connectivity index (χ1n) is 10.8. The zero-order chi connectivity index (χ0) is 23.8. The van der Waals surface area contributed by atoms with E-state index in [0.717, 1.165) is 16.0 Å². The van der Waals surface area contributed by atoms with Crippen molar-refractivity contribution in [3.63, 3.8) is 0 Å². The van der Waals surface area contributed by atoms with Crippen LogP contribution in [0.25, 0.3) is 10.2 Å². The maximum atomic E-state index is 13.0. The number of sulfonamides is 1. The monoisotopic (exact) mass is 489 g/mol. The number of hydrogen-bond donors (Lipinski definition) is 0. The van der Waals surface area contributed by atoms with Crippen LogP contribution in [0, 0.1) is 0 Å². The number of thiazole rings is 1. The van der Waals surface area contributed by atoms with Crippen LogP contribution in [0.5, 0.6) is 5.75 Å². The molecule has 0 spiro atoms. The summed E-state index contributed by atoms with van der Waals surface area (Å²) in [5, 5.41) is 0. The summed E-state index contributed by atoms with van der Waals surface area (Å²) in [6.07, 6.45) is -0.343. The number of carbonyl (C=O) groups excluding carboxylic acids is 1. The van der Waals surface area contributed by atoms with Gasteiger partial charge in [-0.05, 0) is 63.2 Å². The molecule has 2 aromatic carbocycles. The second-order valence-corrected chi connectivity index (χ2v) is 11.0. The first kappa shape index (κ1) is 23.6. The van der Waals surface area contributed by atoms with E-state index in [2.05, 4.69) is 4.99 Å². The van der Waals surface area contributed by atoms with Crippen LogP contribution in [0.4, 0.5) is 0 Å². The molecule has 0 N–H and O–H groups in total. The van der Waals surface area contributed by atoms with Gasteiger partial charge in [0.2, 0.25) is 10.0 Å². The second kappa shape index (κ2) is 9.38. The Morgan fingerprint density at radius 3 is 2.45 bits per heavy atom. The van der Waals surface area contributed by atoms with Crippen LogP contribution in [0.1, 0.15) is 31.1 Å².